The number of hydrogen-bond donors (Lipinski definition) is 1. The van der Waals surface area contributed by atoms with Gasteiger partial charge in [-0.1, -0.05) is 36.6 Å². The molecule has 7 nitrogen and oxygen atoms in total. The van der Waals surface area contributed by atoms with Crippen molar-refractivity contribution in [3.63, 3.8) is 0 Å². The molecule has 146 valence electrons. The number of ether oxygens (including phenoxy) is 1. The summed E-state index contributed by atoms with van der Waals surface area (Å²) < 4.78 is 7.58. The van der Waals surface area contributed by atoms with Crippen LogP contribution >= 0.6 is 11.6 Å². The highest BCUT2D eigenvalue weighted by molar-refractivity contribution is 6.30. The number of esters is 1. The quantitative estimate of drug-likeness (QED) is 0.503. The predicted molar refractivity (Wildman–Crippen MR) is 107 cm³/mol. The van der Waals surface area contributed by atoms with Crippen LogP contribution in [0.1, 0.15) is 37.7 Å². The van der Waals surface area contributed by atoms with Gasteiger partial charge < -0.3 is 15.0 Å². The van der Waals surface area contributed by atoms with Crippen molar-refractivity contribution < 1.29 is 9.53 Å². The lowest BCUT2D eigenvalue weighted by Crippen LogP contribution is -2.35. The number of nitrogens with two attached hydrogens (primary N) is 1. The van der Waals surface area contributed by atoms with E-state index >= 15 is 0 Å². The van der Waals surface area contributed by atoms with Crippen LogP contribution in [-0.4, -0.2) is 32.1 Å². The van der Waals surface area contributed by atoms with Gasteiger partial charge in [-0.25, -0.2) is 15.0 Å². The van der Waals surface area contributed by atoms with Crippen molar-refractivity contribution in [2.24, 2.45) is 0 Å². The molecule has 8 heteroatoms. The highest BCUT2D eigenvalue weighted by Gasteiger charge is 2.44. The minimum absolute atomic E-state index is 0.144. The van der Waals surface area contributed by atoms with Gasteiger partial charge in [0.15, 0.2) is 11.5 Å². The van der Waals surface area contributed by atoms with Crippen molar-refractivity contribution in [3.8, 4) is 0 Å². The standard InChI is InChI=1S/C20H22ClN5O2/c21-15-6-4-14(5-7-15)20(8-1-2-9-20)19(27)28-11-3-10-26-13-25-16-17(22)23-12-24-18(16)26/h4-7,12-13H,1-3,8-11H2,(H2,22,23,24). The summed E-state index contributed by atoms with van der Waals surface area (Å²) in [6.07, 6.45) is 7.46. The monoisotopic (exact) mass is 399 g/mol. The van der Waals surface area contributed by atoms with E-state index in [1.807, 2.05) is 28.8 Å². The lowest BCUT2D eigenvalue weighted by atomic mass is 9.79. The number of imidazole rings is 1. The van der Waals surface area contributed by atoms with Crippen LogP contribution in [0.15, 0.2) is 36.9 Å². The number of nitrogen functional groups attached to an aromatic ring is 1. The van der Waals surface area contributed by atoms with Crippen LogP contribution < -0.4 is 5.73 Å². The molecule has 0 aliphatic heterocycles. The number of nitrogens with zero attached hydrogens (tertiary/aromatic N) is 4. The molecule has 1 aromatic carbocycles. The maximum Gasteiger partial charge on any atom is 0.316 e. The van der Waals surface area contributed by atoms with Gasteiger partial charge in [-0.05, 0) is 37.0 Å². The number of anilines is 1. The molecule has 0 saturated heterocycles. The van der Waals surface area contributed by atoms with Gasteiger partial charge in [0.05, 0.1) is 18.3 Å². The number of halogens is 1. The zero-order valence-corrected chi connectivity index (χ0v) is 16.2. The summed E-state index contributed by atoms with van der Waals surface area (Å²) in [6.45, 7) is 0.975. The number of hydrogen-bond acceptors (Lipinski definition) is 6. The van der Waals surface area contributed by atoms with Gasteiger partial charge in [0.1, 0.15) is 11.8 Å². The second-order valence-electron chi connectivity index (χ2n) is 7.15. The van der Waals surface area contributed by atoms with Gasteiger partial charge >= 0.3 is 5.97 Å². The zero-order chi connectivity index (χ0) is 19.6. The lowest BCUT2D eigenvalue weighted by Gasteiger charge is -2.27. The maximum absolute atomic E-state index is 13.0. The van der Waals surface area contributed by atoms with E-state index < -0.39 is 5.41 Å². The summed E-state index contributed by atoms with van der Waals surface area (Å²) >= 11 is 6.01. The molecule has 0 bridgehead atoms. The van der Waals surface area contributed by atoms with Crippen molar-refractivity contribution >= 4 is 34.6 Å². The average molecular weight is 400 g/mol. The third kappa shape index (κ3) is 3.42. The van der Waals surface area contributed by atoms with Crippen LogP contribution in [0.25, 0.3) is 11.2 Å². The van der Waals surface area contributed by atoms with Crippen LogP contribution in [0, 0.1) is 0 Å². The van der Waals surface area contributed by atoms with Crippen LogP contribution in [0.4, 0.5) is 5.82 Å². The zero-order valence-electron chi connectivity index (χ0n) is 15.5. The van der Waals surface area contributed by atoms with E-state index in [4.69, 9.17) is 22.1 Å². The molecule has 0 radical (unpaired) electrons. The van der Waals surface area contributed by atoms with Crippen LogP contribution in [0.5, 0.6) is 0 Å². The van der Waals surface area contributed by atoms with Gasteiger partial charge in [0.2, 0.25) is 0 Å². The minimum atomic E-state index is -0.548. The van der Waals surface area contributed by atoms with Crippen molar-refractivity contribution in [1.29, 1.82) is 0 Å². The molecule has 0 amide bonds. The molecule has 0 unspecified atom stereocenters. The molecular weight excluding hydrogens is 378 g/mol. The fourth-order valence-electron chi connectivity index (χ4n) is 3.96. The van der Waals surface area contributed by atoms with Gasteiger partial charge in [-0.3, -0.25) is 4.79 Å². The van der Waals surface area contributed by atoms with Gasteiger partial charge in [0.25, 0.3) is 0 Å². The van der Waals surface area contributed by atoms with Gasteiger partial charge in [0, 0.05) is 11.6 Å². The fourth-order valence-corrected chi connectivity index (χ4v) is 4.08. The van der Waals surface area contributed by atoms with Crippen molar-refractivity contribution in [3.05, 3.63) is 47.5 Å². The second kappa shape index (κ2) is 7.75. The molecule has 0 atom stereocenters. The highest BCUT2D eigenvalue weighted by Crippen LogP contribution is 2.42. The first-order valence-electron chi connectivity index (χ1n) is 9.45. The van der Waals surface area contributed by atoms with E-state index in [1.54, 1.807) is 6.33 Å². The lowest BCUT2D eigenvalue weighted by molar-refractivity contribution is -0.150. The number of fused-ring (bicyclic) bond motifs is 1. The Morgan fingerprint density at radius 2 is 1.93 bits per heavy atom. The molecular formula is C20H22ClN5O2. The van der Waals surface area contributed by atoms with E-state index in [2.05, 4.69) is 15.0 Å². The van der Waals surface area contributed by atoms with Crippen LogP contribution in [0.3, 0.4) is 0 Å². The highest BCUT2D eigenvalue weighted by atomic mass is 35.5. The molecule has 1 aliphatic rings. The van der Waals surface area contributed by atoms with Crippen molar-refractivity contribution in [1.82, 2.24) is 19.5 Å². The van der Waals surface area contributed by atoms with E-state index in [0.29, 0.717) is 41.6 Å². The third-order valence-corrected chi connectivity index (χ3v) is 5.70. The minimum Gasteiger partial charge on any atom is -0.465 e. The first kappa shape index (κ1) is 18.7. The largest absolute Gasteiger partial charge is 0.465 e. The Morgan fingerprint density at radius 1 is 1.18 bits per heavy atom. The number of rotatable bonds is 6. The van der Waals surface area contributed by atoms with E-state index in [1.165, 1.54) is 6.33 Å². The van der Waals surface area contributed by atoms with Crippen molar-refractivity contribution in [2.75, 3.05) is 12.3 Å². The Hall–Kier alpha value is -2.67. The average Bonchev–Trinajstić information content (AvgIpc) is 3.35. The number of carbonyl (C=O) groups is 1. The molecule has 2 heterocycles. The Labute approximate surface area is 167 Å². The fraction of sp³-hybridized carbons (Fsp3) is 0.400. The molecule has 1 saturated carbocycles. The topological polar surface area (TPSA) is 95.9 Å². The number of aromatic nitrogens is 4. The smallest absolute Gasteiger partial charge is 0.316 e. The van der Waals surface area contributed by atoms with Crippen molar-refractivity contribution in [2.45, 2.75) is 44.1 Å². The summed E-state index contributed by atoms with van der Waals surface area (Å²) in [6, 6.07) is 7.55. The number of aryl methyl sites for hydroxylation is 1. The Morgan fingerprint density at radius 3 is 2.68 bits per heavy atom. The molecule has 3 aromatic rings. The van der Waals surface area contributed by atoms with Crippen LogP contribution in [-0.2, 0) is 21.5 Å². The molecule has 1 aliphatic carbocycles. The summed E-state index contributed by atoms with van der Waals surface area (Å²) in [5.74, 6) is 0.218. The van der Waals surface area contributed by atoms with Gasteiger partial charge in [-0.2, -0.15) is 0 Å². The van der Waals surface area contributed by atoms with Gasteiger partial charge in [-0.15, -0.1) is 0 Å². The molecule has 2 N–H and O–H groups in total. The number of benzene rings is 1. The molecule has 28 heavy (non-hydrogen) atoms. The Balaban J connectivity index is 1.39. The molecule has 2 aromatic heterocycles. The summed E-state index contributed by atoms with van der Waals surface area (Å²) in [7, 11) is 0. The first-order valence-corrected chi connectivity index (χ1v) is 9.82. The van der Waals surface area contributed by atoms with E-state index in [9.17, 15) is 4.79 Å². The molecule has 0 spiro atoms. The summed E-state index contributed by atoms with van der Waals surface area (Å²) in [4.78, 5) is 25.4. The normalized spacial score (nSPS) is 15.8. The maximum atomic E-state index is 13.0. The SMILES string of the molecule is Nc1ncnc2c1ncn2CCCOC(=O)C1(c2ccc(Cl)cc2)CCCC1. The summed E-state index contributed by atoms with van der Waals surface area (Å²) in [5, 5.41) is 0.669. The van der Waals surface area contributed by atoms with Crippen LogP contribution in [0.2, 0.25) is 5.02 Å². The number of carbonyl (C=O) groups excluding carboxylic acids is 1. The Kier molecular flexibility index (Phi) is 5.17. The summed E-state index contributed by atoms with van der Waals surface area (Å²) in [5.41, 5.74) is 7.53. The third-order valence-electron chi connectivity index (χ3n) is 5.45. The predicted octanol–water partition coefficient (Wildman–Crippen LogP) is 3.51. The molecule has 1 fully saturated rings. The first-order chi connectivity index (χ1) is 13.6. The molecule has 4 rings (SSSR count). The van der Waals surface area contributed by atoms with E-state index in [-0.39, 0.29) is 5.97 Å². The Bertz CT molecular complexity index is 980. The second-order valence-corrected chi connectivity index (χ2v) is 7.59. The van der Waals surface area contributed by atoms with E-state index in [0.717, 1.165) is 31.2 Å².